The van der Waals surface area contributed by atoms with E-state index in [0.717, 1.165) is 29.5 Å². The Labute approximate surface area is 262 Å². The third-order valence-corrected chi connectivity index (χ3v) is 7.03. The zero-order valence-electron chi connectivity index (χ0n) is 27.1. The van der Waals surface area contributed by atoms with E-state index in [1.54, 1.807) is 57.0 Å². The predicted molar refractivity (Wildman–Crippen MR) is 175 cm³/mol. The molecule has 8 heteroatoms. The smallest absolute Gasteiger partial charge is 0.408 e. The number of hydrogen-bond donors (Lipinski definition) is 2. The molecule has 0 bridgehead atoms. The van der Waals surface area contributed by atoms with E-state index in [2.05, 4.69) is 17.6 Å². The van der Waals surface area contributed by atoms with Crippen molar-refractivity contribution in [1.29, 1.82) is 0 Å². The maximum atomic E-state index is 14.6. The summed E-state index contributed by atoms with van der Waals surface area (Å²) in [5, 5.41) is 5.84. The first kappa shape index (κ1) is 34.2. The second kappa shape index (κ2) is 15.9. The van der Waals surface area contributed by atoms with E-state index >= 15 is 0 Å². The molecule has 236 valence electrons. The number of ether oxygens (including phenoxy) is 2. The number of unbranched alkanes of at least 4 members (excludes halogenated alkanes) is 2. The van der Waals surface area contributed by atoms with Gasteiger partial charge < -0.3 is 25.0 Å². The standard InChI is InChI=1S/C36H47N3O5/c1-8-9-13-20-39(34(41)31(24-27-14-11-10-12-15-27)38-35(42)44-36(4,5)6)32(28-22-25(2)21-26(3)23-28)33(40)37-29-16-18-30(43-7)19-17-29/h10-12,14-19,21-23,31-32H,8-9,13,20,24H2,1-7H3,(H,37,40)(H,38,42). The fourth-order valence-corrected chi connectivity index (χ4v) is 5.12. The van der Waals surface area contributed by atoms with Crippen LogP contribution in [-0.4, -0.2) is 48.1 Å². The highest BCUT2D eigenvalue weighted by Gasteiger charge is 2.36. The van der Waals surface area contributed by atoms with Gasteiger partial charge in [0.25, 0.3) is 5.91 Å². The van der Waals surface area contributed by atoms with Crippen molar-refractivity contribution < 1.29 is 23.9 Å². The summed E-state index contributed by atoms with van der Waals surface area (Å²) in [6, 6.07) is 20.6. The average Bonchev–Trinajstić information content (AvgIpc) is 2.95. The molecule has 0 radical (unpaired) electrons. The molecule has 2 atom stereocenters. The number of rotatable bonds is 13. The summed E-state index contributed by atoms with van der Waals surface area (Å²) in [5.74, 6) is -0.0344. The summed E-state index contributed by atoms with van der Waals surface area (Å²) in [4.78, 5) is 43.5. The van der Waals surface area contributed by atoms with Crippen molar-refractivity contribution in [2.75, 3.05) is 19.0 Å². The molecule has 0 heterocycles. The van der Waals surface area contributed by atoms with Crippen LogP contribution in [0.4, 0.5) is 10.5 Å². The van der Waals surface area contributed by atoms with Gasteiger partial charge in [0.05, 0.1) is 7.11 Å². The number of nitrogens with one attached hydrogen (secondary N) is 2. The number of nitrogens with zero attached hydrogens (tertiary/aromatic N) is 1. The molecule has 3 amide bonds. The van der Waals surface area contributed by atoms with Crippen molar-refractivity contribution in [3.63, 3.8) is 0 Å². The minimum atomic E-state index is -0.962. The summed E-state index contributed by atoms with van der Waals surface area (Å²) in [6.07, 6.45) is 2.07. The lowest BCUT2D eigenvalue weighted by molar-refractivity contribution is -0.140. The lowest BCUT2D eigenvalue weighted by atomic mass is 9.97. The van der Waals surface area contributed by atoms with E-state index in [1.165, 1.54) is 0 Å². The van der Waals surface area contributed by atoms with Crippen LogP contribution in [0.2, 0.25) is 0 Å². The van der Waals surface area contributed by atoms with Gasteiger partial charge in [0, 0.05) is 18.7 Å². The molecule has 0 saturated heterocycles. The molecule has 3 aromatic carbocycles. The van der Waals surface area contributed by atoms with Crippen LogP contribution in [-0.2, 0) is 20.7 Å². The van der Waals surface area contributed by atoms with Crippen LogP contribution in [0.5, 0.6) is 5.75 Å². The van der Waals surface area contributed by atoms with Crippen LogP contribution in [0.15, 0.2) is 72.8 Å². The molecular formula is C36H47N3O5. The molecule has 44 heavy (non-hydrogen) atoms. The average molecular weight is 602 g/mol. The second-order valence-electron chi connectivity index (χ2n) is 12.2. The number of aryl methyl sites for hydroxylation is 2. The number of carbonyl (C=O) groups is 3. The molecule has 0 aliphatic heterocycles. The van der Waals surface area contributed by atoms with Crippen molar-refractivity contribution in [1.82, 2.24) is 10.2 Å². The molecule has 3 rings (SSSR count). The van der Waals surface area contributed by atoms with Gasteiger partial charge in [-0.15, -0.1) is 0 Å². The summed E-state index contributed by atoms with van der Waals surface area (Å²) < 4.78 is 10.8. The quantitative estimate of drug-likeness (QED) is 0.203. The van der Waals surface area contributed by atoms with Crippen LogP contribution in [0.25, 0.3) is 0 Å². The lowest BCUT2D eigenvalue weighted by Crippen LogP contribution is -2.53. The Kier molecular flexibility index (Phi) is 12.4. The molecule has 0 spiro atoms. The third-order valence-electron chi connectivity index (χ3n) is 7.03. The Bertz CT molecular complexity index is 1360. The fraction of sp³-hybridized carbons (Fsp3) is 0.417. The first-order chi connectivity index (χ1) is 20.9. The molecule has 0 aliphatic carbocycles. The number of methoxy groups -OCH3 is 1. The van der Waals surface area contributed by atoms with Crippen LogP contribution < -0.4 is 15.4 Å². The van der Waals surface area contributed by atoms with Gasteiger partial charge in [-0.3, -0.25) is 9.59 Å². The van der Waals surface area contributed by atoms with Crippen molar-refractivity contribution in [3.8, 4) is 5.75 Å². The monoisotopic (exact) mass is 601 g/mol. The Morgan fingerprint density at radius 3 is 2.09 bits per heavy atom. The maximum Gasteiger partial charge on any atom is 0.408 e. The highest BCUT2D eigenvalue weighted by molar-refractivity contribution is 5.99. The predicted octanol–water partition coefficient (Wildman–Crippen LogP) is 7.15. The molecule has 2 N–H and O–H groups in total. The largest absolute Gasteiger partial charge is 0.497 e. The van der Waals surface area contributed by atoms with Gasteiger partial charge in [-0.25, -0.2) is 4.79 Å². The number of carbonyl (C=O) groups excluding carboxylic acids is 3. The van der Waals surface area contributed by atoms with E-state index < -0.39 is 23.8 Å². The highest BCUT2D eigenvalue weighted by atomic mass is 16.6. The van der Waals surface area contributed by atoms with E-state index in [0.29, 0.717) is 30.0 Å². The Morgan fingerprint density at radius 2 is 1.52 bits per heavy atom. The van der Waals surface area contributed by atoms with Gasteiger partial charge in [-0.2, -0.15) is 0 Å². The van der Waals surface area contributed by atoms with E-state index in [9.17, 15) is 14.4 Å². The molecular weight excluding hydrogens is 554 g/mol. The van der Waals surface area contributed by atoms with Gasteiger partial charge in [0.1, 0.15) is 23.4 Å². The van der Waals surface area contributed by atoms with Crippen molar-refractivity contribution in [2.45, 2.75) is 84.9 Å². The van der Waals surface area contributed by atoms with Crippen LogP contribution >= 0.6 is 0 Å². The molecule has 3 aromatic rings. The van der Waals surface area contributed by atoms with Crippen LogP contribution in [0, 0.1) is 13.8 Å². The SMILES string of the molecule is CCCCCN(C(=O)C(Cc1ccccc1)NC(=O)OC(C)(C)C)C(C(=O)Nc1ccc(OC)cc1)c1cc(C)cc(C)c1. The molecule has 2 unspecified atom stereocenters. The number of amides is 3. The zero-order chi connectivity index (χ0) is 32.3. The first-order valence-electron chi connectivity index (χ1n) is 15.3. The summed E-state index contributed by atoms with van der Waals surface area (Å²) in [6.45, 7) is 11.7. The van der Waals surface area contributed by atoms with Crippen molar-refractivity contribution >= 4 is 23.6 Å². The van der Waals surface area contributed by atoms with Crippen LogP contribution in [0.3, 0.4) is 0 Å². The molecule has 0 aromatic heterocycles. The van der Waals surface area contributed by atoms with Gasteiger partial charge in [-0.05, 0) is 76.4 Å². The number of hydrogen-bond acceptors (Lipinski definition) is 5. The Balaban J connectivity index is 2.08. The summed E-state index contributed by atoms with van der Waals surface area (Å²) in [5.41, 5.74) is 3.38. The number of benzene rings is 3. The summed E-state index contributed by atoms with van der Waals surface area (Å²) >= 11 is 0. The fourth-order valence-electron chi connectivity index (χ4n) is 5.12. The minimum absolute atomic E-state index is 0.239. The topological polar surface area (TPSA) is 97.0 Å². The van der Waals surface area contributed by atoms with Crippen molar-refractivity contribution in [3.05, 3.63) is 95.1 Å². The second-order valence-corrected chi connectivity index (χ2v) is 12.2. The number of alkyl carbamates (subject to hydrolysis) is 1. The normalized spacial score (nSPS) is 12.5. The third kappa shape index (κ3) is 10.4. The molecule has 0 fully saturated rings. The van der Waals surface area contributed by atoms with E-state index in [1.807, 2.05) is 62.4 Å². The van der Waals surface area contributed by atoms with Gasteiger partial charge in [0.2, 0.25) is 5.91 Å². The van der Waals surface area contributed by atoms with E-state index in [-0.39, 0.29) is 18.2 Å². The first-order valence-corrected chi connectivity index (χ1v) is 15.3. The van der Waals surface area contributed by atoms with Gasteiger partial charge >= 0.3 is 6.09 Å². The van der Waals surface area contributed by atoms with E-state index in [4.69, 9.17) is 9.47 Å². The summed E-state index contributed by atoms with van der Waals surface area (Å²) in [7, 11) is 1.58. The number of anilines is 1. The van der Waals surface area contributed by atoms with Gasteiger partial charge in [0.15, 0.2) is 0 Å². The minimum Gasteiger partial charge on any atom is -0.497 e. The zero-order valence-corrected chi connectivity index (χ0v) is 27.1. The Hall–Kier alpha value is -4.33. The van der Waals surface area contributed by atoms with Gasteiger partial charge in [-0.1, -0.05) is 79.4 Å². The molecule has 8 nitrogen and oxygen atoms in total. The Morgan fingerprint density at radius 1 is 0.886 bits per heavy atom. The molecule has 0 aliphatic rings. The molecule has 0 saturated carbocycles. The highest BCUT2D eigenvalue weighted by Crippen LogP contribution is 2.28. The maximum absolute atomic E-state index is 14.6. The van der Waals surface area contributed by atoms with Crippen molar-refractivity contribution in [2.24, 2.45) is 0 Å². The van der Waals surface area contributed by atoms with Crippen LogP contribution in [0.1, 0.15) is 75.3 Å². The lowest BCUT2D eigenvalue weighted by Gasteiger charge is -2.35.